The minimum absolute atomic E-state index is 0.0742. The molecule has 2 heterocycles. The van der Waals surface area contributed by atoms with Crippen molar-refractivity contribution in [2.24, 2.45) is 5.92 Å². The van der Waals surface area contributed by atoms with Crippen molar-refractivity contribution >= 4 is 5.91 Å². The number of carbonyl (C=O) groups is 1. The molecule has 1 aromatic carbocycles. The first-order chi connectivity index (χ1) is 12.7. The smallest absolute Gasteiger partial charge is 0.272 e. The van der Waals surface area contributed by atoms with Crippen LogP contribution in [0.3, 0.4) is 0 Å². The number of ether oxygens (including phenoxy) is 2. The van der Waals surface area contributed by atoms with Crippen LogP contribution in [0.5, 0.6) is 11.5 Å². The molecule has 6 nitrogen and oxygen atoms in total. The molecule has 0 bridgehead atoms. The van der Waals surface area contributed by atoms with E-state index in [9.17, 15) is 4.79 Å². The van der Waals surface area contributed by atoms with E-state index in [2.05, 4.69) is 12.0 Å². The molecule has 1 aromatic heterocycles. The SMILES string of the molecule is CCCn1nccc1C(=O)N1CCC[C@@H](COc2ccc(OC)cc2)C1. The summed E-state index contributed by atoms with van der Waals surface area (Å²) in [6.45, 7) is 5.00. The Morgan fingerprint density at radius 1 is 1.23 bits per heavy atom. The fraction of sp³-hybridized carbons (Fsp3) is 0.500. The number of carbonyl (C=O) groups excluding carboxylic acids is 1. The maximum atomic E-state index is 12.9. The topological polar surface area (TPSA) is 56.6 Å². The molecule has 0 spiro atoms. The minimum Gasteiger partial charge on any atom is -0.497 e. The normalized spacial score (nSPS) is 17.2. The lowest BCUT2D eigenvalue weighted by molar-refractivity contribution is 0.0621. The molecule has 1 aliphatic rings. The van der Waals surface area contributed by atoms with Crippen molar-refractivity contribution in [3.63, 3.8) is 0 Å². The second-order valence-corrected chi connectivity index (χ2v) is 6.69. The van der Waals surface area contributed by atoms with Gasteiger partial charge >= 0.3 is 0 Å². The molecule has 0 unspecified atom stereocenters. The standard InChI is InChI=1S/C20H27N3O3/c1-3-12-23-19(10-11-21-23)20(24)22-13-4-5-16(14-22)15-26-18-8-6-17(25-2)7-9-18/h6-11,16H,3-5,12-15H2,1-2H3/t16-/m1/s1. The van der Waals surface area contributed by atoms with Crippen LogP contribution in [0.4, 0.5) is 0 Å². The van der Waals surface area contributed by atoms with E-state index in [0.717, 1.165) is 50.4 Å². The molecule has 1 saturated heterocycles. The van der Waals surface area contributed by atoms with Gasteiger partial charge in [0.2, 0.25) is 0 Å². The van der Waals surface area contributed by atoms with Crippen molar-refractivity contribution in [3.8, 4) is 11.5 Å². The third kappa shape index (κ3) is 4.36. The molecule has 3 rings (SSSR count). The predicted octanol–water partition coefficient (Wildman–Crippen LogP) is 3.23. The van der Waals surface area contributed by atoms with Gasteiger partial charge in [-0.1, -0.05) is 6.92 Å². The highest BCUT2D eigenvalue weighted by atomic mass is 16.5. The number of piperidine rings is 1. The maximum Gasteiger partial charge on any atom is 0.272 e. The van der Waals surface area contributed by atoms with Gasteiger partial charge in [0, 0.05) is 31.7 Å². The first-order valence-corrected chi connectivity index (χ1v) is 9.29. The van der Waals surface area contributed by atoms with Crippen LogP contribution in [0.25, 0.3) is 0 Å². The van der Waals surface area contributed by atoms with Crippen molar-refractivity contribution in [2.45, 2.75) is 32.7 Å². The van der Waals surface area contributed by atoms with Crippen LogP contribution in [-0.4, -0.2) is 47.4 Å². The van der Waals surface area contributed by atoms with E-state index in [1.807, 2.05) is 35.2 Å². The summed E-state index contributed by atoms with van der Waals surface area (Å²) in [7, 11) is 1.65. The van der Waals surface area contributed by atoms with E-state index in [-0.39, 0.29) is 5.91 Å². The number of rotatable bonds is 7. The van der Waals surface area contributed by atoms with E-state index in [4.69, 9.17) is 9.47 Å². The van der Waals surface area contributed by atoms with E-state index < -0.39 is 0 Å². The summed E-state index contributed by atoms with van der Waals surface area (Å²) in [5.41, 5.74) is 0.684. The van der Waals surface area contributed by atoms with E-state index in [1.54, 1.807) is 18.0 Å². The van der Waals surface area contributed by atoms with Crippen LogP contribution in [0.1, 0.15) is 36.7 Å². The lowest BCUT2D eigenvalue weighted by atomic mass is 9.98. The fourth-order valence-corrected chi connectivity index (χ4v) is 3.34. The van der Waals surface area contributed by atoms with Crippen molar-refractivity contribution in [1.29, 1.82) is 0 Å². The Morgan fingerprint density at radius 3 is 2.73 bits per heavy atom. The number of aromatic nitrogens is 2. The Balaban J connectivity index is 1.56. The minimum atomic E-state index is 0.0742. The third-order valence-corrected chi connectivity index (χ3v) is 4.72. The lowest BCUT2D eigenvalue weighted by Crippen LogP contribution is -2.42. The second-order valence-electron chi connectivity index (χ2n) is 6.69. The summed E-state index contributed by atoms with van der Waals surface area (Å²) in [4.78, 5) is 14.8. The molecule has 0 aliphatic carbocycles. The maximum absolute atomic E-state index is 12.9. The Morgan fingerprint density at radius 2 is 2.00 bits per heavy atom. The van der Waals surface area contributed by atoms with Gasteiger partial charge in [0.05, 0.1) is 13.7 Å². The van der Waals surface area contributed by atoms with Crippen LogP contribution in [0, 0.1) is 5.92 Å². The molecule has 2 aromatic rings. The van der Waals surface area contributed by atoms with Crippen molar-refractivity contribution in [2.75, 3.05) is 26.8 Å². The number of nitrogens with zero attached hydrogens (tertiary/aromatic N) is 3. The number of amides is 1. The number of benzene rings is 1. The van der Waals surface area contributed by atoms with Gasteiger partial charge in [-0.25, -0.2) is 0 Å². The van der Waals surface area contributed by atoms with E-state index in [1.165, 1.54) is 0 Å². The zero-order valence-corrected chi connectivity index (χ0v) is 15.6. The van der Waals surface area contributed by atoms with Gasteiger partial charge in [-0.2, -0.15) is 5.10 Å². The largest absolute Gasteiger partial charge is 0.497 e. The van der Waals surface area contributed by atoms with Crippen molar-refractivity contribution in [1.82, 2.24) is 14.7 Å². The van der Waals surface area contributed by atoms with Gasteiger partial charge in [0.15, 0.2) is 0 Å². The highest BCUT2D eigenvalue weighted by Gasteiger charge is 2.26. The highest BCUT2D eigenvalue weighted by molar-refractivity contribution is 5.92. The first-order valence-electron chi connectivity index (χ1n) is 9.29. The van der Waals surface area contributed by atoms with Crippen molar-refractivity contribution < 1.29 is 14.3 Å². The van der Waals surface area contributed by atoms with Gasteiger partial charge in [-0.3, -0.25) is 9.48 Å². The summed E-state index contributed by atoms with van der Waals surface area (Å²) in [5.74, 6) is 2.06. The highest BCUT2D eigenvalue weighted by Crippen LogP contribution is 2.22. The van der Waals surface area contributed by atoms with E-state index >= 15 is 0 Å². The van der Waals surface area contributed by atoms with Crippen molar-refractivity contribution in [3.05, 3.63) is 42.2 Å². The second kappa shape index (κ2) is 8.74. The van der Waals surface area contributed by atoms with Crippen LogP contribution in [0.15, 0.2) is 36.5 Å². The Labute approximate surface area is 154 Å². The quantitative estimate of drug-likeness (QED) is 0.763. The Kier molecular flexibility index (Phi) is 6.15. The summed E-state index contributed by atoms with van der Waals surface area (Å²) < 4.78 is 12.9. The number of likely N-dealkylation sites (tertiary alicyclic amines) is 1. The number of hydrogen-bond donors (Lipinski definition) is 0. The molecular weight excluding hydrogens is 330 g/mol. The molecule has 26 heavy (non-hydrogen) atoms. The van der Waals surface area contributed by atoms with Crippen LogP contribution in [-0.2, 0) is 6.54 Å². The molecule has 0 N–H and O–H groups in total. The predicted molar refractivity (Wildman–Crippen MR) is 99.6 cm³/mol. The summed E-state index contributed by atoms with van der Waals surface area (Å²) in [5, 5.41) is 4.27. The van der Waals surface area contributed by atoms with Gasteiger partial charge in [-0.05, 0) is 49.6 Å². The molecule has 0 saturated carbocycles. The Bertz CT molecular complexity index is 711. The monoisotopic (exact) mass is 357 g/mol. The molecule has 1 aliphatic heterocycles. The number of hydrogen-bond acceptors (Lipinski definition) is 4. The summed E-state index contributed by atoms with van der Waals surface area (Å²) >= 11 is 0. The van der Waals surface area contributed by atoms with Gasteiger partial charge in [0.25, 0.3) is 5.91 Å². The average molecular weight is 357 g/mol. The van der Waals surface area contributed by atoms with Gasteiger partial charge < -0.3 is 14.4 Å². The fourth-order valence-electron chi connectivity index (χ4n) is 3.34. The average Bonchev–Trinajstić information content (AvgIpc) is 3.15. The third-order valence-electron chi connectivity index (χ3n) is 4.72. The molecular formula is C20H27N3O3. The van der Waals surface area contributed by atoms with Gasteiger partial charge in [-0.15, -0.1) is 0 Å². The molecule has 1 atom stereocenters. The molecule has 1 fully saturated rings. The Hall–Kier alpha value is -2.50. The van der Waals surface area contributed by atoms with Crippen LogP contribution >= 0.6 is 0 Å². The molecule has 1 amide bonds. The molecule has 140 valence electrons. The molecule has 0 radical (unpaired) electrons. The van der Waals surface area contributed by atoms with E-state index in [0.29, 0.717) is 18.2 Å². The first kappa shape index (κ1) is 18.3. The van der Waals surface area contributed by atoms with Crippen LogP contribution in [0.2, 0.25) is 0 Å². The number of methoxy groups -OCH3 is 1. The summed E-state index contributed by atoms with van der Waals surface area (Å²) in [6, 6.07) is 9.42. The zero-order valence-electron chi connectivity index (χ0n) is 15.6. The zero-order chi connectivity index (χ0) is 18.4. The molecule has 6 heteroatoms. The lowest BCUT2D eigenvalue weighted by Gasteiger charge is -2.32. The summed E-state index contributed by atoms with van der Waals surface area (Å²) in [6.07, 6.45) is 4.75. The van der Waals surface area contributed by atoms with Crippen LogP contribution < -0.4 is 9.47 Å². The number of aryl methyl sites for hydroxylation is 1. The van der Waals surface area contributed by atoms with Gasteiger partial charge in [0.1, 0.15) is 17.2 Å².